The molecule has 0 amide bonds. The van der Waals surface area contributed by atoms with E-state index in [1.807, 2.05) is 6.92 Å². The number of phenols is 1. The first-order valence-corrected chi connectivity index (χ1v) is 7.11. The molecule has 0 radical (unpaired) electrons. The zero-order chi connectivity index (χ0) is 14.5. The molecule has 1 aromatic carbocycles. The number of ether oxygens (including phenoxy) is 1. The number of nitrogens with zero attached hydrogens (tertiary/aromatic N) is 1. The first-order valence-electron chi connectivity index (χ1n) is 7.11. The molecular weight excluding hydrogens is 259 g/mol. The van der Waals surface area contributed by atoms with Gasteiger partial charge in [0.2, 0.25) is 0 Å². The number of nitrogens with one attached hydrogen (secondary N) is 1. The Morgan fingerprint density at radius 3 is 2.75 bits per heavy atom. The molecule has 2 atom stereocenters. The van der Waals surface area contributed by atoms with Gasteiger partial charge in [0.05, 0.1) is 13.2 Å². The van der Waals surface area contributed by atoms with E-state index in [9.17, 15) is 9.50 Å². The molecule has 0 bridgehead atoms. The van der Waals surface area contributed by atoms with Crippen LogP contribution in [0.4, 0.5) is 4.39 Å². The van der Waals surface area contributed by atoms with Crippen LogP contribution in [0, 0.1) is 5.82 Å². The molecule has 1 aromatic rings. The van der Waals surface area contributed by atoms with E-state index >= 15 is 0 Å². The van der Waals surface area contributed by atoms with E-state index in [1.165, 1.54) is 18.2 Å². The summed E-state index contributed by atoms with van der Waals surface area (Å²) in [5, 5.41) is 13.2. The standard InChI is InChI=1S/C15H23FN2O2/c1-11(10-18-5-7-20-8-6-18)17-12(2)14-9-13(16)3-4-15(14)19/h3-4,9,11-12,17,19H,5-8,10H2,1-2H3. The van der Waals surface area contributed by atoms with E-state index in [-0.39, 0.29) is 23.7 Å². The average molecular weight is 282 g/mol. The highest BCUT2D eigenvalue weighted by Gasteiger charge is 2.17. The zero-order valence-electron chi connectivity index (χ0n) is 12.1. The van der Waals surface area contributed by atoms with Crippen molar-refractivity contribution in [3.05, 3.63) is 29.6 Å². The second-order valence-corrected chi connectivity index (χ2v) is 5.41. The van der Waals surface area contributed by atoms with E-state index in [1.54, 1.807) is 0 Å². The minimum absolute atomic E-state index is 0.0956. The molecular formula is C15H23FN2O2. The largest absolute Gasteiger partial charge is 0.508 e. The van der Waals surface area contributed by atoms with Gasteiger partial charge in [0.25, 0.3) is 0 Å². The van der Waals surface area contributed by atoms with Crippen molar-refractivity contribution in [3.8, 4) is 5.75 Å². The summed E-state index contributed by atoms with van der Waals surface area (Å²) in [6, 6.07) is 4.21. The third kappa shape index (κ3) is 4.16. The summed E-state index contributed by atoms with van der Waals surface area (Å²) in [6.07, 6.45) is 0. The third-order valence-electron chi connectivity index (χ3n) is 3.63. The first kappa shape index (κ1) is 15.2. The molecule has 2 unspecified atom stereocenters. The SMILES string of the molecule is CC(CN1CCOCC1)NC(C)c1cc(F)ccc1O. The number of morpholine rings is 1. The van der Waals surface area contributed by atoms with E-state index in [4.69, 9.17) is 4.74 Å². The van der Waals surface area contributed by atoms with Crippen LogP contribution in [0.25, 0.3) is 0 Å². The van der Waals surface area contributed by atoms with Crippen molar-refractivity contribution >= 4 is 0 Å². The number of benzene rings is 1. The van der Waals surface area contributed by atoms with Crippen molar-refractivity contribution in [3.63, 3.8) is 0 Å². The maximum Gasteiger partial charge on any atom is 0.123 e. The van der Waals surface area contributed by atoms with E-state index in [2.05, 4.69) is 17.1 Å². The van der Waals surface area contributed by atoms with Crippen LogP contribution in [0.2, 0.25) is 0 Å². The molecule has 2 rings (SSSR count). The minimum atomic E-state index is -0.327. The Labute approximate surface area is 119 Å². The maximum atomic E-state index is 13.3. The van der Waals surface area contributed by atoms with Crippen LogP contribution < -0.4 is 5.32 Å². The van der Waals surface area contributed by atoms with Gasteiger partial charge in [0, 0.05) is 37.3 Å². The molecule has 1 heterocycles. The van der Waals surface area contributed by atoms with Gasteiger partial charge in [-0.3, -0.25) is 4.90 Å². The Balaban J connectivity index is 1.89. The molecule has 1 aliphatic rings. The zero-order valence-corrected chi connectivity index (χ0v) is 12.1. The summed E-state index contributed by atoms with van der Waals surface area (Å²) in [5.74, 6) is -0.197. The number of halogens is 1. The normalized spacial score (nSPS) is 19.8. The predicted octanol–water partition coefficient (Wildman–Crippen LogP) is 1.90. The third-order valence-corrected chi connectivity index (χ3v) is 3.63. The lowest BCUT2D eigenvalue weighted by molar-refractivity contribution is 0.0339. The molecule has 2 N–H and O–H groups in total. The molecule has 0 aromatic heterocycles. The molecule has 0 spiro atoms. The Bertz CT molecular complexity index is 436. The maximum absolute atomic E-state index is 13.3. The lowest BCUT2D eigenvalue weighted by atomic mass is 10.1. The second kappa shape index (κ2) is 7.02. The molecule has 1 saturated heterocycles. The Kier molecular flexibility index (Phi) is 5.34. The monoisotopic (exact) mass is 282 g/mol. The highest BCUT2D eigenvalue weighted by molar-refractivity contribution is 5.34. The molecule has 1 fully saturated rings. The molecule has 112 valence electrons. The number of phenolic OH excluding ortho intramolecular Hbond substituents is 1. The lowest BCUT2D eigenvalue weighted by Gasteiger charge is -2.30. The molecule has 1 aliphatic heterocycles. The van der Waals surface area contributed by atoms with Crippen molar-refractivity contribution in [1.29, 1.82) is 0 Å². The summed E-state index contributed by atoms with van der Waals surface area (Å²) in [6.45, 7) is 8.42. The first-order chi connectivity index (χ1) is 9.56. The van der Waals surface area contributed by atoms with Gasteiger partial charge >= 0.3 is 0 Å². The fourth-order valence-corrected chi connectivity index (χ4v) is 2.61. The van der Waals surface area contributed by atoms with Crippen LogP contribution in [0.5, 0.6) is 5.75 Å². The average Bonchev–Trinajstić information content (AvgIpc) is 2.42. The van der Waals surface area contributed by atoms with Gasteiger partial charge in [-0.15, -0.1) is 0 Å². The Hall–Kier alpha value is -1.17. The molecule has 0 aliphatic carbocycles. The summed E-state index contributed by atoms with van der Waals surface area (Å²) in [4.78, 5) is 2.35. The van der Waals surface area contributed by atoms with Crippen molar-refractivity contribution in [2.24, 2.45) is 0 Å². The minimum Gasteiger partial charge on any atom is -0.508 e. The van der Waals surface area contributed by atoms with Crippen LogP contribution in [0.15, 0.2) is 18.2 Å². The van der Waals surface area contributed by atoms with Crippen LogP contribution in [-0.2, 0) is 4.74 Å². The van der Waals surface area contributed by atoms with Crippen molar-refractivity contribution in [2.75, 3.05) is 32.8 Å². The fraction of sp³-hybridized carbons (Fsp3) is 0.600. The smallest absolute Gasteiger partial charge is 0.123 e. The Morgan fingerprint density at radius 1 is 1.35 bits per heavy atom. The van der Waals surface area contributed by atoms with Gasteiger partial charge in [-0.25, -0.2) is 4.39 Å². The van der Waals surface area contributed by atoms with Crippen molar-refractivity contribution in [1.82, 2.24) is 10.2 Å². The van der Waals surface area contributed by atoms with Crippen molar-refractivity contribution in [2.45, 2.75) is 25.9 Å². The number of rotatable bonds is 5. The van der Waals surface area contributed by atoms with Gasteiger partial charge in [-0.1, -0.05) is 0 Å². The molecule has 20 heavy (non-hydrogen) atoms. The number of hydrogen-bond donors (Lipinski definition) is 2. The molecule has 0 saturated carbocycles. The highest BCUT2D eigenvalue weighted by Crippen LogP contribution is 2.25. The summed E-state index contributed by atoms with van der Waals surface area (Å²) in [7, 11) is 0. The van der Waals surface area contributed by atoms with E-state index in [0.29, 0.717) is 5.56 Å². The second-order valence-electron chi connectivity index (χ2n) is 5.41. The van der Waals surface area contributed by atoms with Gasteiger partial charge in [-0.05, 0) is 32.0 Å². The van der Waals surface area contributed by atoms with Crippen LogP contribution in [-0.4, -0.2) is 48.9 Å². The van der Waals surface area contributed by atoms with Crippen LogP contribution in [0.3, 0.4) is 0 Å². The summed E-state index contributed by atoms with van der Waals surface area (Å²) >= 11 is 0. The van der Waals surface area contributed by atoms with Gasteiger partial charge < -0.3 is 15.2 Å². The van der Waals surface area contributed by atoms with Crippen LogP contribution >= 0.6 is 0 Å². The number of aromatic hydroxyl groups is 1. The van der Waals surface area contributed by atoms with Crippen molar-refractivity contribution < 1.29 is 14.2 Å². The molecule has 4 nitrogen and oxygen atoms in total. The summed E-state index contributed by atoms with van der Waals surface area (Å²) < 4.78 is 18.6. The topological polar surface area (TPSA) is 44.7 Å². The van der Waals surface area contributed by atoms with Gasteiger partial charge in [0.15, 0.2) is 0 Å². The van der Waals surface area contributed by atoms with E-state index < -0.39 is 0 Å². The summed E-state index contributed by atoms with van der Waals surface area (Å²) in [5.41, 5.74) is 0.596. The van der Waals surface area contributed by atoms with E-state index in [0.717, 1.165) is 32.8 Å². The van der Waals surface area contributed by atoms with Gasteiger partial charge in [-0.2, -0.15) is 0 Å². The Morgan fingerprint density at radius 2 is 2.05 bits per heavy atom. The quantitative estimate of drug-likeness (QED) is 0.866. The fourth-order valence-electron chi connectivity index (χ4n) is 2.61. The van der Waals surface area contributed by atoms with Crippen LogP contribution in [0.1, 0.15) is 25.5 Å². The molecule has 5 heteroatoms. The number of hydrogen-bond acceptors (Lipinski definition) is 4. The lowest BCUT2D eigenvalue weighted by Crippen LogP contribution is -2.45. The van der Waals surface area contributed by atoms with Gasteiger partial charge in [0.1, 0.15) is 11.6 Å². The highest BCUT2D eigenvalue weighted by atomic mass is 19.1. The predicted molar refractivity (Wildman–Crippen MR) is 76.3 cm³/mol.